The molecule has 1 aliphatic rings. The van der Waals surface area contributed by atoms with E-state index in [-0.39, 0.29) is 12.4 Å². The molecule has 6 heteroatoms. The maximum atomic E-state index is 13.3. The van der Waals surface area contributed by atoms with Crippen molar-refractivity contribution >= 4 is 0 Å². The van der Waals surface area contributed by atoms with Crippen LogP contribution in [-0.2, 0) is 13.2 Å². The van der Waals surface area contributed by atoms with Gasteiger partial charge in [-0.05, 0) is 31.0 Å². The van der Waals surface area contributed by atoms with Crippen molar-refractivity contribution in [2.45, 2.75) is 32.0 Å². The SMILES string of the molecule is Fc1ccc(OCc2ncon2)c(CNC2CC2)c1. The van der Waals surface area contributed by atoms with Crippen molar-refractivity contribution in [1.82, 2.24) is 15.5 Å². The van der Waals surface area contributed by atoms with E-state index in [1.807, 2.05) is 0 Å². The fraction of sp³-hybridized carbons (Fsp3) is 0.385. The van der Waals surface area contributed by atoms with Crippen molar-refractivity contribution in [2.75, 3.05) is 0 Å². The molecule has 0 atom stereocenters. The smallest absolute Gasteiger partial charge is 0.213 e. The van der Waals surface area contributed by atoms with Crippen molar-refractivity contribution in [3.8, 4) is 5.75 Å². The molecule has 1 heterocycles. The lowest BCUT2D eigenvalue weighted by Crippen LogP contribution is -2.16. The van der Waals surface area contributed by atoms with E-state index in [2.05, 4.69) is 20.0 Å². The summed E-state index contributed by atoms with van der Waals surface area (Å²) in [7, 11) is 0. The zero-order chi connectivity index (χ0) is 13.1. The molecule has 19 heavy (non-hydrogen) atoms. The first-order valence-electron chi connectivity index (χ1n) is 6.21. The van der Waals surface area contributed by atoms with Crippen molar-refractivity contribution < 1.29 is 13.7 Å². The highest BCUT2D eigenvalue weighted by Gasteiger charge is 2.20. The molecule has 0 radical (unpaired) electrons. The minimum absolute atomic E-state index is 0.207. The molecule has 0 saturated heterocycles. The summed E-state index contributed by atoms with van der Waals surface area (Å²) in [5.74, 6) is 0.837. The minimum Gasteiger partial charge on any atom is -0.485 e. The average molecular weight is 263 g/mol. The molecular formula is C13H14FN3O2. The number of rotatable bonds is 6. The number of nitrogens with one attached hydrogen (secondary N) is 1. The monoisotopic (exact) mass is 263 g/mol. The van der Waals surface area contributed by atoms with Crippen molar-refractivity contribution in [3.05, 3.63) is 41.8 Å². The molecule has 1 saturated carbocycles. The normalized spacial score (nSPS) is 14.6. The molecule has 0 bridgehead atoms. The zero-order valence-electron chi connectivity index (χ0n) is 10.3. The van der Waals surface area contributed by atoms with Crippen molar-refractivity contribution in [3.63, 3.8) is 0 Å². The molecule has 1 aromatic carbocycles. The topological polar surface area (TPSA) is 60.2 Å². The van der Waals surface area contributed by atoms with Gasteiger partial charge in [0.2, 0.25) is 12.2 Å². The van der Waals surface area contributed by atoms with Crippen LogP contribution in [0.2, 0.25) is 0 Å². The first-order valence-corrected chi connectivity index (χ1v) is 6.21. The summed E-state index contributed by atoms with van der Waals surface area (Å²) < 4.78 is 23.5. The number of ether oxygens (including phenoxy) is 1. The van der Waals surface area contributed by atoms with E-state index in [0.29, 0.717) is 24.2 Å². The molecule has 0 spiro atoms. The summed E-state index contributed by atoms with van der Waals surface area (Å²) in [6.45, 7) is 0.808. The number of halogens is 1. The van der Waals surface area contributed by atoms with Gasteiger partial charge in [-0.15, -0.1) is 0 Å². The van der Waals surface area contributed by atoms with Crippen LogP contribution in [0.25, 0.3) is 0 Å². The zero-order valence-corrected chi connectivity index (χ0v) is 10.3. The number of hydrogen-bond acceptors (Lipinski definition) is 5. The Morgan fingerprint density at radius 1 is 1.42 bits per heavy atom. The third kappa shape index (κ3) is 3.29. The summed E-state index contributed by atoms with van der Waals surface area (Å²) in [5, 5.41) is 7.00. The van der Waals surface area contributed by atoms with Gasteiger partial charge in [0.05, 0.1) is 0 Å². The highest BCUT2D eigenvalue weighted by Crippen LogP contribution is 2.24. The second-order valence-electron chi connectivity index (χ2n) is 4.54. The summed E-state index contributed by atoms with van der Waals surface area (Å²) in [6.07, 6.45) is 3.63. The van der Waals surface area contributed by atoms with Gasteiger partial charge in [0, 0.05) is 18.2 Å². The van der Waals surface area contributed by atoms with Crippen LogP contribution in [0.5, 0.6) is 5.75 Å². The largest absolute Gasteiger partial charge is 0.485 e. The molecule has 1 aromatic heterocycles. The van der Waals surface area contributed by atoms with Gasteiger partial charge in [-0.1, -0.05) is 5.16 Å². The first kappa shape index (κ1) is 12.1. The number of nitrogens with zero attached hydrogens (tertiary/aromatic N) is 2. The number of aromatic nitrogens is 2. The van der Waals surface area contributed by atoms with Crippen LogP contribution in [0.3, 0.4) is 0 Å². The fourth-order valence-corrected chi connectivity index (χ4v) is 1.77. The summed E-state index contributed by atoms with van der Waals surface area (Å²) in [6, 6.07) is 5.06. The molecule has 3 rings (SSSR count). The van der Waals surface area contributed by atoms with Crippen LogP contribution in [0, 0.1) is 5.82 Å². The maximum absolute atomic E-state index is 13.3. The summed E-state index contributed by atoms with van der Waals surface area (Å²) >= 11 is 0. The van der Waals surface area contributed by atoms with E-state index >= 15 is 0 Å². The molecular weight excluding hydrogens is 249 g/mol. The van der Waals surface area contributed by atoms with Gasteiger partial charge in [0.25, 0.3) is 0 Å². The lowest BCUT2D eigenvalue weighted by Gasteiger charge is -2.11. The number of benzene rings is 1. The molecule has 5 nitrogen and oxygen atoms in total. The van der Waals surface area contributed by atoms with E-state index in [1.165, 1.54) is 31.4 Å². The molecule has 1 N–H and O–H groups in total. The highest BCUT2D eigenvalue weighted by atomic mass is 19.1. The minimum atomic E-state index is -0.264. The highest BCUT2D eigenvalue weighted by molar-refractivity contribution is 5.34. The Labute approximate surface area is 109 Å². The second kappa shape index (κ2) is 5.36. The predicted molar refractivity (Wildman–Crippen MR) is 64.9 cm³/mol. The van der Waals surface area contributed by atoms with Crippen LogP contribution in [0.1, 0.15) is 24.2 Å². The van der Waals surface area contributed by atoms with Crippen LogP contribution < -0.4 is 10.1 Å². The van der Waals surface area contributed by atoms with Crippen LogP contribution in [-0.4, -0.2) is 16.2 Å². The van der Waals surface area contributed by atoms with Gasteiger partial charge < -0.3 is 14.6 Å². The Balaban J connectivity index is 1.67. The third-order valence-corrected chi connectivity index (χ3v) is 2.94. The first-order chi connectivity index (χ1) is 9.31. The van der Waals surface area contributed by atoms with Crippen LogP contribution in [0.4, 0.5) is 4.39 Å². The lowest BCUT2D eigenvalue weighted by atomic mass is 10.2. The van der Waals surface area contributed by atoms with Gasteiger partial charge in [-0.25, -0.2) is 4.39 Å². The van der Waals surface area contributed by atoms with Gasteiger partial charge in [0.15, 0.2) is 6.61 Å². The maximum Gasteiger partial charge on any atom is 0.213 e. The van der Waals surface area contributed by atoms with E-state index in [1.54, 1.807) is 6.07 Å². The molecule has 100 valence electrons. The quantitative estimate of drug-likeness (QED) is 0.864. The predicted octanol–water partition coefficient (Wildman–Crippen LogP) is 2.04. The Kier molecular flexibility index (Phi) is 3.41. The molecule has 1 aliphatic carbocycles. The third-order valence-electron chi connectivity index (χ3n) is 2.94. The van der Waals surface area contributed by atoms with Gasteiger partial charge in [0.1, 0.15) is 11.6 Å². The standard InChI is InChI=1S/C13H14FN3O2/c14-10-1-4-12(18-7-13-16-8-19-17-13)9(5-10)6-15-11-2-3-11/h1,4-5,8,11,15H,2-3,6-7H2. The molecule has 0 unspecified atom stereocenters. The summed E-state index contributed by atoms with van der Waals surface area (Å²) in [4.78, 5) is 3.87. The van der Waals surface area contributed by atoms with E-state index in [4.69, 9.17) is 4.74 Å². The Hall–Kier alpha value is -1.95. The van der Waals surface area contributed by atoms with Gasteiger partial charge in [-0.3, -0.25) is 0 Å². The average Bonchev–Trinajstić information content (AvgIpc) is 3.10. The molecule has 0 aliphatic heterocycles. The van der Waals surface area contributed by atoms with Crippen LogP contribution >= 0.6 is 0 Å². The lowest BCUT2D eigenvalue weighted by molar-refractivity contribution is 0.282. The van der Waals surface area contributed by atoms with E-state index in [0.717, 1.165) is 5.56 Å². The fourth-order valence-electron chi connectivity index (χ4n) is 1.77. The van der Waals surface area contributed by atoms with E-state index < -0.39 is 0 Å². The van der Waals surface area contributed by atoms with Gasteiger partial charge >= 0.3 is 0 Å². The Morgan fingerprint density at radius 2 is 2.32 bits per heavy atom. The molecule has 1 fully saturated rings. The van der Waals surface area contributed by atoms with Crippen LogP contribution in [0.15, 0.2) is 29.1 Å². The van der Waals surface area contributed by atoms with Gasteiger partial charge in [-0.2, -0.15) is 4.98 Å². The molecule has 2 aromatic rings. The van der Waals surface area contributed by atoms with Crippen molar-refractivity contribution in [1.29, 1.82) is 0 Å². The second-order valence-corrected chi connectivity index (χ2v) is 4.54. The Bertz CT molecular complexity index is 541. The van der Waals surface area contributed by atoms with E-state index in [9.17, 15) is 4.39 Å². The Morgan fingerprint density at radius 3 is 3.05 bits per heavy atom. The summed E-state index contributed by atoms with van der Waals surface area (Å²) in [5.41, 5.74) is 0.801. The number of hydrogen-bond donors (Lipinski definition) is 1. The molecule has 0 amide bonds. The van der Waals surface area contributed by atoms with Crippen molar-refractivity contribution in [2.24, 2.45) is 0 Å².